The van der Waals surface area contributed by atoms with Crippen LogP contribution in [0.1, 0.15) is 12.1 Å². The lowest BCUT2D eigenvalue weighted by atomic mass is 10.1. The molecule has 0 saturated heterocycles. The molecular weight excluding hydrogens is 244 g/mol. The smallest absolute Gasteiger partial charge is 0.333 e. The number of aromatic nitrogens is 2. The van der Waals surface area contributed by atoms with Crippen LogP contribution in [0.25, 0.3) is 0 Å². The van der Waals surface area contributed by atoms with Crippen molar-refractivity contribution in [2.75, 3.05) is 7.11 Å². The fourth-order valence-electron chi connectivity index (χ4n) is 1.08. The van der Waals surface area contributed by atoms with Crippen LogP contribution >= 0.6 is 12.4 Å². The van der Waals surface area contributed by atoms with Gasteiger partial charge in [0.05, 0.1) is 13.3 Å². The summed E-state index contributed by atoms with van der Waals surface area (Å²) in [5.74, 6) is -0.584. The molecule has 1 aromatic rings. The second-order valence-corrected chi connectivity index (χ2v) is 2.94. The monoisotopic (exact) mass is 255 g/mol. The lowest BCUT2D eigenvalue weighted by Gasteiger charge is -2.06. The number of hydrogen-bond acceptors (Lipinski definition) is 4. The predicted molar refractivity (Wildman–Crippen MR) is 54.4 cm³/mol. The van der Waals surface area contributed by atoms with Gasteiger partial charge in [0.2, 0.25) is 0 Å². The van der Waals surface area contributed by atoms with Crippen molar-refractivity contribution in [3.05, 3.63) is 18.0 Å². The van der Waals surface area contributed by atoms with Gasteiger partial charge in [0.25, 0.3) is 0 Å². The van der Waals surface area contributed by atoms with Crippen LogP contribution in [0.4, 0.5) is 8.78 Å². The minimum absolute atomic E-state index is 0. The Hall–Kier alpha value is -1.21. The van der Waals surface area contributed by atoms with Gasteiger partial charge in [-0.15, -0.1) is 12.4 Å². The molecule has 0 bridgehead atoms. The molecule has 92 valence electrons. The summed E-state index contributed by atoms with van der Waals surface area (Å²) < 4.78 is 29.1. The van der Waals surface area contributed by atoms with Gasteiger partial charge in [0.1, 0.15) is 6.04 Å². The summed E-state index contributed by atoms with van der Waals surface area (Å²) in [6.07, 6.45) is 2.52. The van der Waals surface area contributed by atoms with Gasteiger partial charge >= 0.3 is 12.5 Å². The van der Waals surface area contributed by atoms with Crippen molar-refractivity contribution in [1.82, 2.24) is 9.78 Å². The first-order chi connectivity index (χ1) is 7.04. The van der Waals surface area contributed by atoms with Crippen LogP contribution in [-0.4, -0.2) is 28.9 Å². The lowest BCUT2D eigenvalue weighted by Crippen LogP contribution is -2.33. The minimum Gasteiger partial charge on any atom is -0.468 e. The van der Waals surface area contributed by atoms with Gasteiger partial charge < -0.3 is 10.5 Å². The van der Waals surface area contributed by atoms with Crippen molar-refractivity contribution >= 4 is 18.4 Å². The quantitative estimate of drug-likeness (QED) is 0.806. The zero-order chi connectivity index (χ0) is 11.4. The van der Waals surface area contributed by atoms with Gasteiger partial charge in [-0.2, -0.15) is 13.9 Å². The molecule has 1 heterocycles. The van der Waals surface area contributed by atoms with Gasteiger partial charge in [-0.25, -0.2) is 4.68 Å². The highest BCUT2D eigenvalue weighted by Crippen LogP contribution is 2.10. The molecule has 0 amide bonds. The summed E-state index contributed by atoms with van der Waals surface area (Å²) in [5.41, 5.74) is 5.91. The molecule has 0 saturated carbocycles. The normalized spacial score (nSPS) is 12.1. The summed E-state index contributed by atoms with van der Waals surface area (Å²) in [7, 11) is 1.21. The molecule has 8 heteroatoms. The standard InChI is InChI=1S/C8H11F2N3O2.ClH/c1-15-7(14)6(11)2-5-3-12-13(4-5)8(9)10;/h3-4,6,8H,2,11H2,1H3;1H/t6-;/m1./s1. The van der Waals surface area contributed by atoms with E-state index in [0.717, 1.165) is 6.20 Å². The van der Waals surface area contributed by atoms with E-state index in [2.05, 4.69) is 9.84 Å². The van der Waals surface area contributed by atoms with Crippen LogP contribution in [0, 0.1) is 0 Å². The zero-order valence-electron chi connectivity index (χ0n) is 8.47. The lowest BCUT2D eigenvalue weighted by molar-refractivity contribution is -0.142. The molecule has 1 atom stereocenters. The Kier molecular flexibility index (Phi) is 5.91. The summed E-state index contributed by atoms with van der Waals surface area (Å²) in [6, 6.07) is -0.856. The van der Waals surface area contributed by atoms with Crippen LogP contribution in [-0.2, 0) is 16.0 Å². The van der Waals surface area contributed by atoms with Crippen LogP contribution < -0.4 is 5.73 Å². The van der Waals surface area contributed by atoms with E-state index in [1.807, 2.05) is 0 Å². The number of methoxy groups -OCH3 is 1. The highest BCUT2D eigenvalue weighted by atomic mass is 35.5. The maximum Gasteiger partial charge on any atom is 0.333 e. The van der Waals surface area contributed by atoms with Gasteiger partial charge in [-0.1, -0.05) is 0 Å². The van der Waals surface area contributed by atoms with Crippen molar-refractivity contribution in [2.45, 2.75) is 19.0 Å². The van der Waals surface area contributed by atoms with Crippen molar-refractivity contribution in [1.29, 1.82) is 0 Å². The first-order valence-corrected chi connectivity index (χ1v) is 4.19. The van der Waals surface area contributed by atoms with Crippen molar-refractivity contribution in [3.63, 3.8) is 0 Å². The van der Waals surface area contributed by atoms with Gasteiger partial charge in [-0.3, -0.25) is 4.79 Å². The molecule has 0 fully saturated rings. The molecular formula is C8H12ClF2N3O2. The number of carbonyl (C=O) groups is 1. The van der Waals surface area contributed by atoms with Crippen LogP contribution in [0.15, 0.2) is 12.4 Å². The van der Waals surface area contributed by atoms with E-state index in [1.54, 1.807) is 0 Å². The first kappa shape index (κ1) is 14.8. The Labute approximate surface area is 97.0 Å². The van der Waals surface area contributed by atoms with Crippen molar-refractivity contribution < 1.29 is 18.3 Å². The topological polar surface area (TPSA) is 70.1 Å². The fraction of sp³-hybridized carbons (Fsp3) is 0.500. The largest absolute Gasteiger partial charge is 0.468 e. The second-order valence-electron chi connectivity index (χ2n) is 2.94. The van der Waals surface area contributed by atoms with E-state index in [1.165, 1.54) is 13.3 Å². The fourth-order valence-corrected chi connectivity index (χ4v) is 1.08. The molecule has 0 aliphatic heterocycles. The van der Waals surface area contributed by atoms with Crippen LogP contribution in [0.3, 0.4) is 0 Å². The number of halogens is 3. The van der Waals surface area contributed by atoms with Crippen LogP contribution in [0.2, 0.25) is 0 Å². The molecule has 0 spiro atoms. The average Bonchev–Trinajstić information content (AvgIpc) is 2.65. The molecule has 0 aliphatic carbocycles. The highest BCUT2D eigenvalue weighted by molar-refractivity contribution is 5.85. The number of rotatable bonds is 4. The number of nitrogens with two attached hydrogens (primary N) is 1. The van der Waals surface area contributed by atoms with E-state index in [4.69, 9.17) is 5.73 Å². The van der Waals surface area contributed by atoms with Gasteiger partial charge in [-0.05, 0) is 5.56 Å². The summed E-state index contributed by atoms with van der Waals surface area (Å²) in [4.78, 5) is 10.9. The number of esters is 1. The Bertz CT molecular complexity index is 346. The number of ether oxygens (including phenoxy) is 1. The first-order valence-electron chi connectivity index (χ1n) is 4.19. The SMILES string of the molecule is COC(=O)[C@H](N)Cc1cnn(C(F)F)c1.Cl. The zero-order valence-corrected chi connectivity index (χ0v) is 9.29. The van der Waals surface area contributed by atoms with Crippen LogP contribution in [0.5, 0.6) is 0 Å². The maximum atomic E-state index is 12.1. The van der Waals surface area contributed by atoms with E-state index in [-0.39, 0.29) is 18.8 Å². The average molecular weight is 256 g/mol. The molecule has 16 heavy (non-hydrogen) atoms. The van der Waals surface area contributed by atoms with E-state index >= 15 is 0 Å². The Morgan fingerprint density at radius 3 is 2.75 bits per heavy atom. The molecule has 0 aliphatic rings. The summed E-state index contributed by atoms with van der Waals surface area (Å²) in [6.45, 7) is -2.69. The minimum atomic E-state index is -2.69. The molecule has 1 rings (SSSR count). The van der Waals surface area contributed by atoms with Crippen molar-refractivity contribution in [2.24, 2.45) is 5.73 Å². The Morgan fingerprint density at radius 1 is 1.69 bits per heavy atom. The molecule has 2 N–H and O–H groups in total. The number of alkyl halides is 2. The van der Waals surface area contributed by atoms with E-state index in [0.29, 0.717) is 10.2 Å². The number of nitrogens with zero attached hydrogens (tertiary/aromatic N) is 2. The van der Waals surface area contributed by atoms with Gasteiger partial charge in [0.15, 0.2) is 0 Å². The maximum absolute atomic E-state index is 12.1. The van der Waals surface area contributed by atoms with E-state index in [9.17, 15) is 13.6 Å². The van der Waals surface area contributed by atoms with Gasteiger partial charge in [0, 0.05) is 12.6 Å². The van der Waals surface area contributed by atoms with Crippen molar-refractivity contribution in [3.8, 4) is 0 Å². The Morgan fingerprint density at radius 2 is 2.31 bits per heavy atom. The Balaban J connectivity index is 0.00000225. The third-order valence-electron chi connectivity index (χ3n) is 1.81. The summed E-state index contributed by atoms with van der Waals surface area (Å²) >= 11 is 0. The molecule has 0 unspecified atom stereocenters. The third-order valence-corrected chi connectivity index (χ3v) is 1.81. The third kappa shape index (κ3) is 3.74. The molecule has 1 aromatic heterocycles. The predicted octanol–water partition coefficient (Wildman–Crippen LogP) is 0.743. The number of hydrogen-bond donors (Lipinski definition) is 1. The summed E-state index contributed by atoms with van der Waals surface area (Å²) in [5, 5.41) is 3.41. The molecule has 0 aromatic carbocycles. The number of carbonyl (C=O) groups excluding carboxylic acids is 1. The second kappa shape index (κ2) is 6.39. The molecule has 0 radical (unpaired) electrons. The van der Waals surface area contributed by atoms with E-state index < -0.39 is 18.6 Å². The highest BCUT2D eigenvalue weighted by Gasteiger charge is 2.16. The molecule has 5 nitrogen and oxygen atoms in total.